The van der Waals surface area contributed by atoms with E-state index in [1.807, 2.05) is 41.4 Å². The molecule has 2 saturated heterocycles. The van der Waals surface area contributed by atoms with Gasteiger partial charge in [0, 0.05) is 59.8 Å². The number of H-pyrrole nitrogens is 1. The van der Waals surface area contributed by atoms with Crippen molar-refractivity contribution in [3.8, 4) is 0 Å². The van der Waals surface area contributed by atoms with Gasteiger partial charge in [-0.15, -0.1) is 0 Å². The summed E-state index contributed by atoms with van der Waals surface area (Å²) in [5.74, 6) is 0.400. The lowest BCUT2D eigenvalue weighted by atomic mass is 9.89. The van der Waals surface area contributed by atoms with E-state index in [0.29, 0.717) is 32.2 Å². The number of rotatable bonds is 4. The first-order chi connectivity index (χ1) is 15.9. The van der Waals surface area contributed by atoms with Crippen molar-refractivity contribution in [1.82, 2.24) is 25.0 Å². The van der Waals surface area contributed by atoms with Gasteiger partial charge in [-0.3, -0.25) is 19.8 Å². The zero-order valence-electron chi connectivity index (χ0n) is 19.8. The van der Waals surface area contributed by atoms with Crippen molar-refractivity contribution in [2.45, 2.75) is 45.1 Å². The van der Waals surface area contributed by atoms with Crippen molar-refractivity contribution in [1.29, 1.82) is 0 Å². The van der Waals surface area contributed by atoms with Gasteiger partial charge in [0.25, 0.3) is 5.91 Å². The minimum absolute atomic E-state index is 0.0413. The van der Waals surface area contributed by atoms with Crippen LogP contribution in [0.1, 0.15) is 60.4 Å². The van der Waals surface area contributed by atoms with Crippen LogP contribution in [0.25, 0.3) is 10.9 Å². The maximum atomic E-state index is 13.4. The van der Waals surface area contributed by atoms with Crippen molar-refractivity contribution in [3.05, 3.63) is 59.0 Å². The molecule has 2 aliphatic rings. The number of morpholine rings is 1. The van der Waals surface area contributed by atoms with Crippen LogP contribution in [-0.2, 0) is 16.7 Å². The van der Waals surface area contributed by atoms with Gasteiger partial charge in [-0.25, -0.2) is 0 Å². The van der Waals surface area contributed by atoms with E-state index in [1.54, 1.807) is 0 Å². The SMILES string of the molecule is CC(C)(C)c1[nH]ncc1CN1CC[C@@H](c2cc(C(=O)N3CCOCC3)c3ccccc3n2)C1. The highest BCUT2D eigenvalue weighted by molar-refractivity contribution is 6.06. The van der Waals surface area contributed by atoms with Gasteiger partial charge < -0.3 is 9.64 Å². The maximum Gasteiger partial charge on any atom is 0.254 e. The molecule has 7 nitrogen and oxygen atoms in total. The molecule has 1 N–H and O–H groups in total. The molecule has 1 atom stereocenters. The van der Waals surface area contributed by atoms with E-state index in [-0.39, 0.29) is 11.3 Å². The summed E-state index contributed by atoms with van der Waals surface area (Å²) in [5.41, 5.74) is 5.19. The number of pyridine rings is 1. The Kier molecular flexibility index (Phi) is 5.93. The molecule has 0 bridgehead atoms. The fourth-order valence-electron chi connectivity index (χ4n) is 5.06. The number of nitrogens with zero attached hydrogens (tertiary/aromatic N) is 4. The Balaban J connectivity index is 1.39. The Morgan fingerprint density at radius 1 is 1.18 bits per heavy atom. The first kappa shape index (κ1) is 22.0. The van der Waals surface area contributed by atoms with Crippen LogP contribution in [-0.4, -0.2) is 70.3 Å². The van der Waals surface area contributed by atoms with Crippen molar-refractivity contribution >= 4 is 16.8 Å². The van der Waals surface area contributed by atoms with Gasteiger partial charge in [-0.2, -0.15) is 5.10 Å². The summed E-state index contributed by atoms with van der Waals surface area (Å²) < 4.78 is 5.44. The van der Waals surface area contributed by atoms with E-state index >= 15 is 0 Å². The van der Waals surface area contributed by atoms with Crippen LogP contribution in [0.3, 0.4) is 0 Å². The normalized spacial score (nSPS) is 20.0. The molecule has 0 saturated carbocycles. The Morgan fingerprint density at radius 2 is 1.97 bits per heavy atom. The smallest absolute Gasteiger partial charge is 0.254 e. The Hall–Kier alpha value is -2.77. The number of hydrogen-bond donors (Lipinski definition) is 1. The minimum Gasteiger partial charge on any atom is -0.378 e. The van der Waals surface area contributed by atoms with Gasteiger partial charge in [0.05, 0.1) is 30.5 Å². The van der Waals surface area contributed by atoms with E-state index in [4.69, 9.17) is 9.72 Å². The van der Waals surface area contributed by atoms with Gasteiger partial charge in [0.15, 0.2) is 0 Å². The second kappa shape index (κ2) is 8.88. The average Bonchev–Trinajstić information content (AvgIpc) is 3.48. The van der Waals surface area contributed by atoms with Crippen LogP contribution >= 0.6 is 0 Å². The molecule has 0 spiro atoms. The van der Waals surface area contributed by atoms with E-state index in [2.05, 4.69) is 35.9 Å². The second-order valence-electron chi connectivity index (χ2n) is 10.3. The zero-order valence-corrected chi connectivity index (χ0v) is 19.8. The predicted molar refractivity (Wildman–Crippen MR) is 128 cm³/mol. The van der Waals surface area contributed by atoms with E-state index in [0.717, 1.165) is 48.2 Å². The number of benzene rings is 1. The molecule has 1 aromatic carbocycles. The van der Waals surface area contributed by atoms with Crippen LogP contribution in [0.2, 0.25) is 0 Å². The van der Waals surface area contributed by atoms with Gasteiger partial charge in [0.2, 0.25) is 0 Å². The molecule has 3 aromatic rings. The molecule has 2 fully saturated rings. The van der Waals surface area contributed by atoms with Crippen molar-refractivity contribution in [2.75, 3.05) is 39.4 Å². The highest BCUT2D eigenvalue weighted by Crippen LogP contribution is 2.32. The highest BCUT2D eigenvalue weighted by Gasteiger charge is 2.29. The molecule has 2 aromatic heterocycles. The lowest BCUT2D eigenvalue weighted by molar-refractivity contribution is 0.0304. The van der Waals surface area contributed by atoms with Crippen LogP contribution < -0.4 is 0 Å². The lowest BCUT2D eigenvalue weighted by Crippen LogP contribution is -2.40. The van der Waals surface area contributed by atoms with Gasteiger partial charge in [-0.05, 0) is 25.1 Å². The molecule has 0 aliphatic carbocycles. The number of amides is 1. The lowest BCUT2D eigenvalue weighted by Gasteiger charge is -2.27. The number of carbonyl (C=O) groups is 1. The maximum absolute atomic E-state index is 13.4. The number of fused-ring (bicyclic) bond motifs is 1. The molecular weight excluding hydrogens is 414 g/mol. The number of aromatic nitrogens is 3. The van der Waals surface area contributed by atoms with Crippen LogP contribution in [0.4, 0.5) is 0 Å². The molecule has 1 amide bonds. The number of nitrogens with one attached hydrogen (secondary N) is 1. The van der Waals surface area contributed by atoms with Gasteiger partial charge >= 0.3 is 0 Å². The molecule has 33 heavy (non-hydrogen) atoms. The number of para-hydroxylation sites is 1. The van der Waals surface area contributed by atoms with Crippen molar-refractivity contribution < 1.29 is 9.53 Å². The number of carbonyl (C=O) groups excluding carboxylic acids is 1. The molecule has 2 aliphatic heterocycles. The molecule has 0 radical (unpaired) electrons. The molecule has 174 valence electrons. The molecule has 7 heteroatoms. The number of hydrogen-bond acceptors (Lipinski definition) is 5. The Labute approximate surface area is 195 Å². The second-order valence-corrected chi connectivity index (χ2v) is 10.3. The summed E-state index contributed by atoms with van der Waals surface area (Å²) in [5, 5.41) is 8.43. The van der Waals surface area contributed by atoms with E-state index < -0.39 is 0 Å². The Bertz CT molecular complexity index is 1140. The van der Waals surface area contributed by atoms with Crippen molar-refractivity contribution in [3.63, 3.8) is 0 Å². The van der Waals surface area contributed by atoms with E-state index in [9.17, 15) is 4.79 Å². The fraction of sp³-hybridized carbons (Fsp3) is 0.500. The number of likely N-dealkylation sites (tertiary alicyclic amines) is 1. The third-order valence-electron chi connectivity index (χ3n) is 6.82. The van der Waals surface area contributed by atoms with Crippen LogP contribution in [0.5, 0.6) is 0 Å². The monoisotopic (exact) mass is 447 g/mol. The first-order valence-corrected chi connectivity index (χ1v) is 11.9. The quantitative estimate of drug-likeness (QED) is 0.660. The standard InChI is InChI=1S/C26H33N5O2/c1-26(2,3)24-19(15-27-29-24)17-30-9-8-18(16-30)23-14-21(20-6-4-5-7-22(20)28-23)25(32)31-10-12-33-13-11-31/h4-7,14-15,18H,8-13,16-17H2,1-3H3,(H,27,29)/t18-/m1/s1. The van der Waals surface area contributed by atoms with Crippen molar-refractivity contribution in [2.24, 2.45) is 0 Å². The van der Waals surface area contributed by atoms with Crippen LogP contribution in [0.15, 0.2) is 36.5 Å². The van der Waals surface area contributed by atoms with E-state index in [1.165, 1.54) is 11.3 Å². The third-order valence-corrected chi connectivity index (χ3v) is 6.82. The molecule has 5 rings (SSSR count). The summed E-state index contributed by atoms with van der Waals surface area (Å²) in [6.45, 7) is 12.0. The van der Waals surface area contributed by atoms with Gasteiger partial charge in [0.1, 0.15) is 0 Å². The summed E-state index contributed by atoms with van der Waals surface area (Å²) in [6, 6.07) is 10.0. The van der Waals surface area contributed by atoms with Gasteiger partial charge in [-0.1, -0.05) is 39.0 Å². The summed E-state index contributed by atoms with van der Waals surface area (Å²) in [6.07, 6.45) is 3.00. The molecule has 0 unspecified atom stereocenters. The molecule has 4 heterocycles. The third kappa shape index (κ3) is 4.52. The summed E-state index contributed by atoms with van der Waals surface area (Å²) in [7, 11) is 0. The largest absolute Gasteiger partial charge is 0.378 e. The average molecular weight is 448 g/mol. The first-order valence-electron chi connectivity index (χ1n) is 11.9. The number of aromatic amines is 1. The minimum atomic E-state index is 0.0413. The zero-order chi connectivity index (χ0) is 23.0. The Morgan fingerprint density at radius 3 is 2.76 bits per heavy atom. The topological polar surface area (TPSA) is 74.4 Å². The summed E-state index contributed by atoms with van der Waals surface area (Å²) >= 11 is 0. The number of ether oxygens (including phenoxy) is 1. The highest BCUT2D eigenvalue weighted by atomic mass is 16.5. The molecular formula is C26H33N5O2. The summed E-state index contributed by atoms with van der Waals surface area (Å²) in [4.78, 5) is 22.8. The van der Waals surface area contributed by atoms with Crippen LogP contribution in [0, 0.1) is 0 Å². The fourth-order valence-corrected chi connectivity index (χ4v) is 5.06. The predicted octanol–water partition coefficient (Wildman–Crippen LogP) is 3.72.